The quantitative estimate of drug-likeness (QED) is 0.880. The molecular weight excluding hydrogens is 306 g/mol. The summed E-state index contributed by atoms with van der Waals surface area (Å²) in [6, 6.07) is 2.22. The van der Waals surface area contributed by atoms with Crippen molar-refractivity contribution in [1.82, 2.24) is 10.2 Å². The standard InChI is InChI=1S/C16H20F2N2O3/c1-10(21)14-4-2-3-5-20(14)15(22)9-19-16(23)11-6-12(17)8-13(18)7-11/h6-8,10,14,21H,2-5,9H2,1H3,(H,19,23)/t10-,14-/m0/s1. The maximum atomic E-state index is 13.1. The van der Waals surface area contributed by atoms with Crippen LogP contribution in [0, 0.1) is 11.6 Å². The van der Waals surface area contributed by atoms with E-state index in [1.165, 1.54) is 0 Å². The van der Waals surface area contributed by atoms with Crippen LogP contribution >= 0.6 is 0 Å². The van der Waals surface area contributed by atoms with Crippen molar-refractivity contribution in [2.45, 2.75) is 38.3 Å². The summed E-state index contributed by atoms with van der Waals surface area (Å²) in [6.07, 6.45) is 1.85. The van der Waals surface area contributed by atoms with Gasteiger partial charge in [-0.1, -0.05) is 0 Å². The first kappa shape index (κ1) is 17.3. The smallest absolute Gasteiger partial charge is 0.251 e. The van der Waals surface area contributed by atoms with Crippen molar-refractivity contribution in [3.8, 4) is 0 Å². The lowest BCUT2D eigenvalue weighted by molar-refractivity contribution is -0.136. The number of rotatable bonds is 4. The van der Waals surface area contributed by atoms with Gasteiger partial charge in [-0.2, -0.15) is 0 Å². The van der Waals surface area contributed by atoms with Crippen LogP contribution in [0.25, 0.3) is 0 Å². The van der Waals surface area contributed by atoms with Gasteiger partial charge in [0, 0.05) is 18.2 Å². The zero-order valence-corrected chi connectivity index (χ0v) is 12.9. The number of nitrogens with one attached hydrogen (secondary N) is 1. The molecule has 1 fully saturated rings. The molecule has 2 amide bonds. The molecule has 0 bridgehead atoms. The number of benzene rings is 1. The van der Waals surface area contributed by atoms with Gasteiger partial charge in [-0.05, 0) is 38.3 Å². The first-order chi connectivity index (χ1) is 10.9. The van der Waals surface area contributed by atoms with Crippen LogP contribution in [0.3, 0.4) is 0 Å². The molecule has 1 aromatic rings. The largest absolute Gasteiger partial charge is 0.391 e. The molecule has 126 valence electrons. The molecule has 5 nitrogen and oxygen atoms in total. The lowest BCUT2D eigenvalue weighted by atomic mass is 9.98. The SMILES string of the molecule is C[C@H](O)[C@@H]1CCCCN1C(=O)CNC(=O)c1cc(F)cc(F)c1. The number of piperidine rings is 1. The molecule has 0 spiro atoms. The van der Waals surface area contributed by atoms with E-state index in [0.29, 0.717) is 19.0 Å². The van der Waals surface area contributed by atoms with Crippen LogP contribution in [0.15, 0.2) is 18.2 Å². The van der Waals surface area contributed by atoms with E-state index in [9.17, 15) is 23.5 Å². The number of hydrogen-bond acceptors (Lipinski definition) is 3. The number of carbonyl (C=O) groups excluding carboxylic acids is 2. The predicted molar refractivity (Wildman–Crippen MR) is 79.7 cm³/mol. The second kappa shape index (κ2) is 7.50. The average molecular weight is 326 g/mol. The van der Waals surface area contributed by atoms with Crippen molar-refractivity contribution in [1.29, 1.82) is 0 Å². The van der Waals surface area contributed by atoms with E-state index < -0.39 is 23.6 Å². The molecule has 2 rings (SSSR count). The summed E-state index contributed by atoms with van der Waals surface area (Å²) in [6.45, 7) is 1.88. The van der Waals surface area contributed by atoms with Crippen molar-refractivity contribution in [2.24, 2.45) is 0 Å². The Hall–Kier alpha value is -2.02. The fourth-order valence-corrected chi connectivity index (χ4v) is 2.81. The second-order valence-corrected chi connectivity index (χ2v) is 5.73. The van der Waals surface area contributed by atoms with Gasteiger partial charge in [0.15, 0.2) is 0 Å². The molecule has 2 atom stereocenters. The van der Waals surface area contributed by atoms with Crippen LogP contribution < -0.4 is 5.32 Å². The van der Waals surface area contributed by atoms with Crippen LogP contribution in [0.4, 0.5) is 8.78 Å². The normalized spacial score (nSPS) is 19.3. The van der Waals surface area contributed by atoms with Gasteiger partial charge in [0.25, 0.3) is 5.91 Å². The van der Waals surface area contributed by atoms with Crippen LogP contribution in [-0.2, 0) is 4.79 Å². The molecule has 23 heavy (non-hydrogen) atoms. The van der Waals surface area contributed by atoms with Gasteiger partial charge in [-0.25, -0.2) is 8.78 Å². The van der Waals surface area contributed by atoms with Crippen molar-refractivity contribution >= 4 is 11.8 Å². The molecule has 0 aromatic heterocycles. The number of nitrogens with zero attached hydrogens (tertiary/aromatic N) is 1. The van der Waals surface area contributed by atoms with E-state index in [1.807, 2.05) is 0 Å². The molecule has 1 aromatic carbocycles. The minimum atomic E-state index is -0.855. The Morgan fingerprint density at radius 2 is 1.96 bits per heavy atom. The molecule has 1 saturated heterocycles. The zero-order chi connectivity index (χ0) is 17.0. The van der Waals surface area contributed by atoms with Crippen molar-refractivity contribution in [2.75, 3.05) is 13.1 Å². The third kappa shape index (κ3) is 4.48. The Balaban J connectivity index is 1.96. The highest BCUT2D eigenvalue weighted by atomic mass is 19.1. The van der Waals surface area contributed by atoms with E-state index in [1.54, 1.807) is 11.8 Å². The van der Waals surface area contributed by atoms with E-state index in [-0.39, 0.29) is 24.1 Å². The van der Waals surface area contributed by atoms with Crippen LogP contribution in [0.1, 0.15) is 36.5 Å². The van der Waals surface area contributed by atoms with E-state index >= 15 is 0 Å². The van der Waals surface area contributed by atoms with Crippen LogP contribution in [0.5, 0.6) is 0 Å². The Morgan fingerprint density at radius 3 is 2.57 bits per heavy atom. The minimum absolute atomic E-state index is 0.180. The van der Waals surface area contributed by atoms with Gasteiger partial charge in [0.05, 0.1) is 18.7 Å². The zero-order valence-electron chi connectivity index (χ0n) is 12.9. The summed E-state index contributed by atoms with van der Waals surface area (Å²) >= 11 is 0. The highest BCUT2D eigenvalue weighted by Crippen LogP contribution is 2.19. The molecule has 0 radical (unpaired) electrons. The number of likely N-dealkylation sites (tertiary alicyclic amines) is 1. The van der Waals surface area contributed by atoms with E-state index in [0.717, 1.165) is 25.0 Å². The fourth-order valence-electron chi connectivity index (χ4n) is 2.81. The van der Waals surface area contributed by atoms with Gasteiger partial charge in [-0.15, -0.1) is 0 Å². The van der Waals surface area contributed by atoms with Gasteiger partial charge in [0.1, 0.15) is 11.6 Å². The monoisotopic (exact) mass is 326 g/mol. The van der Waals surface area contributed by atoms with Gasteiger partial charge in [-0.3, -0.25) is 9.59 Å². The second-order valence-electron chi connectivity index (χ2n) is 5.73. The van der Waals surface area contributed by atoms with Crippen LogP contribution in [0.2, 0.25) is 0 Å². The van der Waals surface area contributed by atoms with Gasteiger partial charge < -0.3 is 15.3 Å². The number of hydrogen-bond donors (Lipinski definition) is 2. The maximum Gasteiger partial charge on any atom is 0.251 e. The Labute approximate surface area is 133 Å². The highest BCUT2D eigenvalue weighted by Gasteiger charge is 2.29. The molecule has 0 unspecified atom stereocenters. The number of amides is 2. The lowest BCUT2D eigenvalue weighted by Crippen LogP contribution is -2.51. The number of halogens is 2. The first-order valence-corrected chi connectivity index (χ1v) is 7.60. The summed E-state index contributed by atoms with van der Waals surface area (Å²) in [4.78, 5) is 25.7. The Morgan fingerprint density at radius 1 is 1.30 bits per heavy atom. The van der Waals surface area contributed by atoms with Crippen molar-refractivity contribution in [3.05, 3.63) is 35.4 Å². The molecule has 2 N–H and O–H groups in total. The maximum absolute atomic E-state index is 13.1. The molecular formula is C16H20F2N2O3. The first-order valence-electron chi connectivity index (χ1n) is 7.60. The Kier molecular flexibility index (Phi) is 5.65. The summed E-state index contributed by atoms with van der Waals surface area (Å²) in [7, 11) is 0. The third-order valence-corrected chi connectivity index (χ3v) is 3.95. The van der Waals surface area contributed by atoms with Gasteiger partial charge in [0.2, 0.25) is 5.91 Å². The van der Waals surface area contributed by atoms with Crippen molar-refractivity contribution in [3.63, 3.8) is 0 Å². The summed E-state index contributed by atoms with van der Waals surface area (Å²) in [5.41, 5.74) is -0.180. The van der Waals surface area contributed by atoms with E-state index in [2.05, 4.69) is 5.32 Å². The third-order valence-electron chi connectivity index (χ3n) is 3.95. The molecule has 1 aliphatic rings. The topological polar surface area (TPSA) is 69.6 Å². The molecule has 0 aliphatic carbocycles. The fraction of sp³-hybridized carbons (Fsp3) is 0.500. The predicted octanol–water partition coefficient (Wildman–Crippen LogP) is 1.46. The minimum Gasteiger partial charge on any atom is -0.391 e. The summed E-state index contributed by atoms with van der Waals surface area (Å²) in [5.74, 6) is -2.75. The number of aliphatic hydroxyl groups is 1. The number of aliphatic hydroxyl groups excluding tert-OH is 1. The number of carbonyl (C=O) groups is 2. The average Bonchev–Trinajstić information content (AvgIpc) is 2.51. The molecule has 1 aliphatic heterocycles. The highest BCUT2D eigenvalue weighted by molar-refractivity contribution is 5.96. The van der Waals surface area contributed by atoms with Crippen LogP contribution in [-0.4, -0.2) is 47.1 Å². The summed E-state index contributed by atoms with van der Waals surface area (Å²) < 4.78 is 26.2. The lowest BCUT2D eigenvalue weighted by Gasteiger charge is -2.37. The van der Waals surface area contributed by atoms with E-state index in [4.69, 9.17) is 0 Å². The molecule has 1 heterocycles. The van der Waals surface area contributed by atoms with Crippen molar-refractivity contribution < 1.29 is 23.5 Å². The van der Waals surface area contributed by atoms with Gasteiger partial charge >= 0.3 is 0 Å². The Bertz CT molecular complexity index is 572. The summed E-state index contributed by atoms with van der Waals surface area (Å²) in [5, 5.41) is 12.1. The molecule has 7 heteroatoms. The molecule has 0 saturated carbocycles.